The topological polar surface area (TPSA) is 64.6 Å². The molecule has 0 saturated heterocycles. The minimum atomic E-state index is -0.573. The van der Waals surface area contributed by atoms with Crippen LogP contribution in [0.4, 0.5) is 0 Å². The lowest BCUT2D eigenvalue weighted by molar-refractivity contribution is -0.143. The average molecular weight is 367 g/mol. The molecule has 0 aliphatic heterocycles. The Labute approximate surface area is 160 Å². The monoisotopic (exact) mass is 367 g/mol. The maximum Gasteiger partial charge on any atom is 0.339 e. The fourth-order valence-electron chi connectivity index (χ4n) is 2.48. The number of rotatable bonds is 6. The van der Waals surface area contributed by atoms with Gasteiger partial charge >= 0.3 is 5.97 Å². The van der Waals surface area contributed by atoms with Gasteiger partial charge in [-0.05, 0) is 38.5 Å². The number of benzene rings is 2. The molecule has 0 spiro atoms. The Morgan fingerprint density at radius 3 is 2.26 bits per heavy atom. The first kappa shape index (κ1) is 20.2. The first-order chi connectivity index (χ1) is 12.8. The van der Waals surface area contributed by atoms with Crippen LogP contribution in [-0.2, 0) is 14.3 Å². The predicted molar refractivity (Wildman–Crippen MR) is 106 cm³/mol. The Morgan fingerprint density at radius 2 is 1.63 bits per heavy atom. The summed E-state index contributed by atoms with van der Waals surface area (Å²) in [7, 11) is 1.57. The summed E-state index contributed by atoms with van der Waals surface area (Å²) >= 11 is 0. The number of hydrogen-bond donors (Lipinski definition) is 1. The van der Waals surface area contributed by atoms with Crippen molar-refractivity contribution in [3.05, 3.63) is 65.7 Å². The van der Waals surface area contributed by atoms with Gasteiger partial charge in [-0.2, -0.15) is 0 Å². The van der Waals surface area contributed by atoms with E-state index >= 15 is 0 Å². The van der Waals surface area contributed by atoms with Gasteiger partial charge in [0.05, 0.1) is 12.7 Å². The van der Waals surface area contributed by atoms with Gasteiger partial charge in [0.2, 0.25) is 0 Å². The molecule has 0 radical (unpaired) electrons. The molecule has 0 atom stereocenters. The first-order valence-electron chi connectivity index (χ1n) is 8.68. The predicted octanol–water partition coefficient (Wildman–Crippen LogP) is 3.69. The van der Waals surface area contributed by atoms with Crippen molar-refractivity contribution in [2.75, 3.05) is 13.7 Å². The summed E-state index contributed by atoms with van der Waals surface area (Å²) in [5.41, 5.74) is 1.40. The minimum absolute atomic E-state index is 0.341. The quantitative estimate of drug-likeness (QED) is 0.480. The number of para-hydroxylation sites is 1. The molecule has 1 amide bonds. The lowest BCUT2D eigenvalue weighted by Crippen LogP contribution is -2.42. The van der Waals surface area contributed by atoms with Crippen LogP contribution >= 0.6 is 0 Å². The maximum atomic E-state index is 12.7. The second-order valence-electron chi connectivity index (χ2n) is 7.04. The summed E-state index contributed by atoms with van der Waals surface area (Å²) in [5.74, 6) is -0.277. The summed E-state index contributed by atoms with van der Waals surface area (Å²) in [4.78, 5) is 24.7. The molecule has 2 aromatic rings. The zero-order valence-corrected chi connectivity index (χ0v) is 16.1. The van der Waals surface area contributed by atoms with Crippen LogP contribution < -0.4 is 10.1 Å². The van der Waals surface area contributed by atoms with Crippen LogP contribution in [0.15, 0.2) is 54.6 Å². The standard InChI is InChI=1S/C22H25NO4/c1-22(2,3)23-20(24)15-27-21(25)18(16-10-6-5-7-11-16)14-17-12-8-9-13-19(17)26-4/h5-14H,15H2,1-4H3,(H,23,24). The number of esters is 1. The van der Waals surface area contributed by atoms with E-state index < -0.39 is 5.97 Å². The molecule has 0 saturated carbocycles. The van der Waals surface area contributed by atoms with E-state index in [-0.39, 0.29) is 18.1 Å². The van der Waals surface area contributed by atoms with Crippen molar-refractivity contribution in [2.24, 2.45) is 0 Å². The van der Waals surface area contributed by atoms with Gasteiger partial charge in [0, 0.05) is 11.1 Å². The lowest BCUT2D eigenvalue weighted by atomic mass is 10.0. The molecule has 2 aromatic carbocycles. The zero-order chi connectivity index (χ0) is 19.9. The van der Waals surface area contributed by atoms with Crippen LogP contribution in [0, 0.1) is 0 Å². The van der Waals surface area contributed by atoms with E-state index in [2.05, 4.69) is 5.32 Å². The van der Waals surface area contributed by atoms with Crippen LogP contribution in [0.1, 0.15) is 31.9 Å². The van der Waals surface area contributed by atoms with Crippen molar-refractivity contribution in [3.8, 4) is 5.75 Å². The molecular formula is C22H25NO4. The first-order valence-corrected chi connectivity index (χ1v) is 8.68. The van der Waals surface area contributed by atoms with Crippen LogP contribution in [0.2, 0.25) is 0 Å². The highest BCUT2D eigenvalue weighted by molar-refractivity contribution is 6.22. The van der Waals surface area contributed by atoms with E-state index in [1.807, 2.05) is 75.4 Å². The molecule has 5 heteroatoms. The van der Waals surface area contributed by atoms with Crippen LogP contribution in [0.5, 0.6) is 5.75 Å². The molecule has 0 aliphatic rings. The Morgan fingerprint density at radius 1 is 1.00 bits per heavy atom. The van der Waals surface area contributed by atoms with Gasteiger partial charge in [-0.3, -0.25) is 4.79 Å². The number of amides is 1. The molecule has 0 unspecified atom stereocenters. The molecular weight excluding hydrogens is 342 g/mol. The fourth-order valence-corrected chi connectivity index (χ4v) is 2.48. The Bertz CT molecular complexity index is 820. The molecule has 0 fully saturated rings. The van der Waals surface area contributed by atoms with E-state index in [1.165, 1.54) is 0 Å². The van der Waals surface area contributed by atoms with Gasteiger partial charge in [-0.25, -0.2) is 4.79 Å². The van der Waals surface area contributed by atoms with Crippen LogP contribution in [-0.4, -0.2) is 31.1 Å². The highest BCUT2D eigenvalue weighted by Gasteiger charge is 2.18. The molecule has 1 N–H and O–H groups in total. The number of nitrogens with one attached hydrogen (secondary N) is 1. The number of methoxy groups -OCH3 is 1. The van der Waals surface area contributed by atoms with Gasteiger partial charge in [0.15, 0.2) is 6.61 Å². The fraction of sp³-hybridized carbons (Fsp3) is 0.273. The molecule has 0 bridgehead atoms. The van der Waals surface area contributed by atoms with Crippen LogP contribution in [0.3, 0.4) is 0 Å². The average Bonchev–Trinajstić information content (AvgIpc) is 2.64. The maximum absolute atomic E-state index is 12.7. The van der Waals surface area contributed by atoms with Gasteiger partial charge in [0.1, 0.15) is 5.75 Å². The molecule has 0 aromatic heterocycles. The van der Waals surface area contributed by atoms with E-state index in [0.29, 0.717) is 16.9 Å². The van der Waals surface area contributed by atoms with E-state index in [0.717, 1.165) is 5.56 Å². The van der Waals surface area contributed by atoms with Crippen LogP contribution in [0.25, 0.3) is 11.6 Å². The SMILES string of the molecule is COc1ccccc1C=C(C(=O)OCC(=O)NC(C)(C)C)c1ccccc1. The Hall–Kier alpha value is -3.08. The third-order valence-corrected chi connectivity index (χ3v) is 3.59. The highest BCUT2D eigenvalue weighted by atomic mass is 16.5. The Balaban J connectivity index is 2.27. The molecule has 0 heterocycles. The van der Waals surface area contributed by atoms with Crippen molar-refractivity contribution >= 4 is 23.5 Å². The lowest BCUT2D eigenvalue weighted by Gasteiger charge is -2.20. The van der Waals surface area contributed by atoms with Crippen molar-refractivity contribution < 1.29 is 19.1 Å². The molecule has 0 aliphatic carbocycles. The number of carbonyl (C=O) groups excluding carboxylic acids is 2. The largest absolute Gasteiger partial charge is 0.496 e. The van der Waals surface area contributed by atoms with Crippen molar-refractivity contribution in [1.82, 2.24) is 5.32 Å². The second-order valence-corrected chi connectivity index (χ2v) is 7.04. The Kier molecular flexibility index (Phi) is 6.77. The summed E-state index contributed by atoms with van der Waals surface area (Å²) < 4.78 is 10.6. The van der Waals surface area contributed by atoms with E-state index in [4.69, 9.17) is 9.47 Å². The summed E-state index contributed by atoms with van der Waals surface area (Å²) in [5, 5.41) is 2.77. The van der Waals surface area contributed by atoms with Gasteiger partial charge in [0.25, 0.3) is 5.91 Å². The molecule has 5 nitrogen and oxygen atoms in total. The van der Waals surface area contributed by atoms with Gasteiger partial charge < -0.3 is 14.8 Å². The molecule has 142 valence electrons. The number of ether oxygens (including phenoxy) is 2. The van der Waals surface area contributed by atoms with Crippen molar-refractivity contribution in [1.29, 1.82) is 0 Å². The van der Waals surface area contributed by atoms with Gasteiger partial charge in [-0.15, -0.1) is 0 Å². The third-order valence-electron chi connectivity index (χ3n) is 3.59. The summed E-state index contributed by atoms with van der Waals surface area (Å²) in [6.45, 7) is 5.25. The smallest absolute Gasteiger partial charge is 0.339 e. The molecule has 27 heavy (non-hydrogen) atoms. The van der Waals surface area contributed by atoms with E-state index in [1.54, 1.807) is 13.2 Å². The normalized spacial score (nSPS) is 11.6. The second kappa shape index (κ2) is 9.03. The van der Waals surface area contributed by atoms with E-state index in [9.17, 15) is 9.59 Å². The minimum Gasteiger partial charge on any atom is -0.496 e. The third kappa shape index (κ3) is 6.29. The number of hydrogen-bond acceptors (Lipinski definition) is 4. The summed E-state index contributed by atoms with van der Waals surface area (Å²) in [6.07, 6.45) is 1.71. The highest BCUT2D eigenvalue weighted by Crippen LogP contribution is 2.25. The van der Waals surface area contributed by atoms with Crippen molar-refractivity contribution in [2.45, 2.75) is 26.3 Å². The molecule has 2 rings (SSSR count). The summed E-state index contributed by atoms with van der Waals surface area (Å²) in [6, 6.07) is 16.6. The number of carbonyl (C=O) groups is 2. The van der Waals surface area contributed by atoms with Gasteiger partial charge in [-0.1, -0.05) is 48.5 Å². The van der Waals surface area contributed by atoms with Crippen molar-refractivity contribution in [3.63, 3.8) is 0 Å². The zero-order valence-electron chi connectivity index (χ0n) is 16.1.